The Hall–Kier alpha value is -4.58. The number of rotatable bonds is 8. The van der Waals surface area contributed by atoms with Crippen LogP contribution in [0.5, 0.6) is 0 Å². The van der Waals surface area contributed by atoms with Crippen molar-refractivity contribution in [3.8, 4) is 0 Å². The molecule has 0 aliphatic carbocycles. The normalized spacial score (nSPS) is 11.8. The van der Waals surface area contributed by atoms with E-state index in [1.807, 2.05) is 72.9 Å². The van der Waals surface area contributed by atoms with E-state index in [1.165, 1.54) is 24.3 Å². The minimum absolute atomic E-state index is 0.0775. The van der Waals surface area contributed by atoms with E-state index in [4.69, 9.17) is 0 Å². The minimum Gasteiger partial charge on any atom is -0.258 e. The van der Waals surface area contributed by atoms with E-state index < -0.39 is 9.85 Å². The van der Waals surface area contributed by atoms with Gasteiger partial charge in [-0.2, -0.15) is 0 Å². The summed E-state index contributed by atoms with van der Waals surface area (Å²) in [6.45, 7) is 0. The van der Waals surface area contributed by atoms with Gasteiger partial charge in [-0.05, 0) is 46.5 Å². The maximum Gasteiger partial charge on any atom is 0.269 e. The predicted molar refractivity (Wildman–Crippen MR) is 129 cm³/mol. The number of benzene rings is 3. The first kappa shape index (κ1) is 22.1. The molecule has 3 aromatic carbocycles. The number of non-ortho nitro benzene ring substituents is 2. The Morgan fingerprint density at radius 2 is 0.656 bits per heavy atom. The Bertz CT molecular complexity index is 1090. The lowest BCUT2D eigenvalue weighted by molar-refractivity contribution is -0.385. The molecule has 6 heteroatoms. The van der Waals surface area contributed by atoms with E-state index in [-0.39, 0.29) is 11.4 Å². The first-order chi connectivity index (χ1) is 15.5. The number of nitrogens with zero attached hydrogens (tertiary/aromatic N) is 2. The molecule has 0 radical (unpaired) electrons. The smallest absolute Gasteiger partial charge is 0.258 e. The molecule has 0 N–H and O–H groups in total. The Labute approximate surface area is 185 Å². The van der Waals surface area contributed by atoms with E-state index in [0.717, 1.165) is 22.3 Å². The molecule has 0 bridgehead atoms. The molecule has 0 aromatic heterocycles. The van der Waals surface area contributed by atoms with Crippen molar-refractivity contribution in [2.45, 2.75) is 0 Å². The van der Waals surface area contributed by atoms with Crippen LogP contribution in [0.4, 0.5) is 11.4 Å². The Balaban J connectivity index is 1.51. The third kappa shape index (κ3) is 6.74. The number of hydrogen-bond acceptors (Lipinski definition) is 4. The quantitative estimate of drug-likeness (QED) is 0.222. The number of allylic oxidation sites excluding steroid dienone is 4. The highest BCUT2D eigenvalue weighted by Crippen LogP contribution is 2.14. The van der Waals surface area contributed by atoms with Crippen molar-refractivity contribution in [1.29, 1.82) is 0 Å². The van der Waals surface area contributed by atoms with Crippen molar-refractivity contribution in [1.82, 2.24) is 0 Å². The molecule has 158 valence electrons. The predicted octanol–water partition coefficient (Wildman–Crippen LogP) is 6.96. The van der Waals surface area contributed by atoms with Gasteiger partial charge in [0.25, 0.3) is 11.4 Å². The van der Waals surface area contributed by atoms with Crippen LogP contribution in [0, 0.1) is 20.2 Å². The van der Waals surface area contributed by atoms with Crippen molar-refractivity contribution in [2.75, 3.05) is 0 Å². The average molecular weight is 424 g/mol. The van der Waals surface area contributed by atoms with E-state index in [0.29, 0.717) is 0 Å². The Morgan fingerprint density at radius 3 is 0.875 bits per heavy atom. The molecule has 0 saturated heterocycles. The molecule has 0 spiro atoms. The summed E-state index contributed by atoms with van der Waals surface area (Å²) in [6.07, 6.45) is 15.3. The third-order valence-corrected chi connectivity index (χ3v) is 4.52. The zero-order chi connectivity index (χ0) is 22.8. The van der Waals surface area contributed by atoms with Crippen LogP contribution >= 0.6 is 0 Å². The van der Waals surface area contributed by atoms with Crippen LogP contribution in [0.15, 0.2) is 97.1 Å². The maximum absolute atomic E-state index is 10.7. The SMILES string of the molecule is O=[N+]([O-])c1ccc(C=CC=Cc2ccc(C=CC=Cc3ccc([N+](=O)[O-])cc3)cc2)cc1. The summed E-state index contributed by atoms with van der Waals surface area (Å²) in [5.74, 6) is 0. The standard InChI is InChI=1S/C26H20N2O4/c29-27(30)25-17-13-23(14-18-25)7-3-1-5-21-9-11-22(12-10-21)6-2-4-8-24-15-19-26(20-16-24)28(31)32/h1-20H. The first-order valence-corrected chi connectivity index (χ1v) is 9.80. The fourth-order valence-corrected chi connectivity index (χ4v) is 2.80. The van der Waals surface area contributed by atoms with Crippen molar-refractivity contribution < 1.29 is 9.85 Å². The fraction of sp³-hybridized carbons (Fsp3) is 0. The monoisotopic (exact) mass is 424 g/mol. The molecule has 0 heterocycles. The van der Waals surface area contributed by atoms with Gasteiger partial charge < -0.3 is 0 Å². The number of nitro groups is 2. The maximum atomic E-state index is 10.7. The van der Waals surface area contributed by atoms with Gasteiger partial charge in [-0.1, -0.05) is 72.9 Å². The van der Waals surface area contributed by atoms with E-state index in [9.17, 15) is 20.2 Å². The Morgan fingerprint density at radius 1 is 0.438 bits per heavy atom. The topological polar surface area (TPSA) is 86.3 Å². The van der Waals surface area contributed by atoms with Crippen LogP contribution in [0.2, 0.25) is 0 Å². The summed E-state index contributed by atoms with van der Waals surface area (Å²) >= 11 is 0. The van der Waals surface area contributed by atoms with Crippen LogP contribution in [0.1, 0.15) is 22.3 Å². The molecule has 3 aromatic rings. The lowest BCUT2D eigenvalue weighted by Crippen LogP contribution is -1.86. The van der Waals surface area contributed by atoms with Crippen molar-refractivity contribution >= 4 is 35.7 Å². The van der Waals surface area contributed by atoms with Crippen molar-refractivity contribution in [3.05, 3.63) is 140 Å². The molecule has 0 amide bonds. The third-order valence-electron chi connectivity index (χ3n) is 4.52. The summed E-state index contributed by atoms with van der Waals surface area (Å²) in [5.41, 5.74) is 4.04. The molecular formula is C26H20N2O4. The van der Waals surface area contributed by atoms with E-state index >= 15 is 0 Å². The summed E-state index contributed by atoms with van der Waals surface area (Å²) < 4.78 is 0. The van der Waals surface area contributed by atoms with Crippen LogP contribution in [0.3, 0.4) is 0 Å². The van der Waals surface area contributed by atoms with Crippen LogP contribution < -0.4 is 0 Å². The molecule has 0 unspecified atom stereocenters. The van der Waals surface area contributed by atoms with Gasteiger partial charge in [-0.3, -0.25) is 20.2 Å². The zero-order valence-corrected chi connectivity index (χ0v) is 17.1. The van der Waals surface area contributed by atoms with Gasteiger partial charge in [-0.25, -0.2) is 0 Å². The van der Waals surface area contributed by atoms with E-state index in [2.05, 4.69) is 0 Å². The van der Waals surface area contributed by atoms with Gasteiger partial charge in [0.05, 0.1) is 9.85 Å². The lowest BCUT2D eigenvalue weighted by atomic mass is 10.1. The molecule has 0 aliphatic heterocycles. The van der Waals surface area contributed by atoms with Crippen LogP contribution in [-0.4, -0.2) is 9.85 Å². The molecular weight excluding hydrogens is 404 g/mol. The van der Waals surface area contributed by atoms with Crippen molar-refractivity contribution in [3.63, 3.8) is 0 Å². The average Bonchev–Trinajstić information content (AvgIpc) is 2.81. The molecule has 0 saturated carbocycles. The summed E-state index contributed by atoms with van der Waals surface area (Å²) in [6, 6.07) is 20.8. The van der Waals surface area contributed by atoms with Crippen LogP contribution in [-0.2, 0) is 0 Å². The van der Waals surface area contributed by atoms with Crippen LogP contribution in [0.25, 0.3) is 24.3 Å². The molecule has 0 aliphatic rings. The second kappa shape index (κ2) is 11.0. The van der Waals surface area contributed by atoms with Gasteiger partial charge in [0.15, 0.2) is 0 Å². The Kier molecular flexibility index (Phi) is 7.59. The number of nitro benzene ring substituents is 2. The largest absolute Gasteiger partial charge is 0.269 e. The van der Waals surface area contributed by atoms with E-state index in [1.54, 1.807) is 24.3 Å². The molecule has 32 heavy (non-hydrogen) atoms. The zero-order valence-electron chi connectivity index (χ0n) is 17.1. The van der Waals surface area contributed by atoms with Gasteiger partial charge in [-0.15, -0.1) is 0 Å². The highest BCUT2D eigenvalue weighted by molar-refractivity contribution is 5.61. The second-order valence-corrected chi connectivity index (χ2v) is 6.80. The van der Waals surface area contributed by atoms with Gasteiger partial charge in [0.2, 0.25) is 0 Å². The van der Waals surface area contributed by atoms with Gasteiger partial charge in [0.1, 0.15) is 0 Å². The molecule has 6 nitrogen and oxygen atoms in total. The van der Waals surface area contributed by atoms with Gasteiger partial charge in [0, 0.05) is 24.3 Å². The fourth-order valence-electron chi connectivity index (χ4n) is 2.80. The van der Waals surface area contributed by atoms with Gasteiger partial charge >= 0.3 is 0 Å². The minimum atomic E-state index is -0.415. The molecule has 0 atom stereocenters. The summed E-state index contributed by atoms with van der Waals surface area (Å²) in [7, 11) is 0. The van der Waals surface area contributed by atoms with Crippen molar-refractivity contribution in [2.24, 2.45) is 0 Å². The summed E-state index contributed by atoms with van der Waals surface area (Å²) in [5, 5.41) is 21.3. The number of hydrogen-bond donors (Lipinski definition) is 0. The highest BCUT2D eigenvalue weighted by atomic mass is 16.6. The lowest BCUT2D eigenvalue weighted by Gasteiger charge is -1.95. The molecule has 0 fully saturated rings. The second-order valence-electron chi connectivity index (χ2n) is 6.80. The molecule has 3 rings (SSSR count). The summed E-state index contributed by atoms with van der Waals surface area (Å²) in [4.78, 5) is 20.5. The highest BCUT2D eigenvalue weighted by Gasteiger charge is 2.02. The first-order valence-electron chi connectivity index (χ1n) is 9.80.